The molecule has 1 unspecified atom stereocenters. The minimum Gasteiger partial charge on any atom is -0.398 e. The number of carbonyl (C=O) groups is 1. The summed E-state index contributed by atoms with van der Waals surface area (Å²) >= 11 is 0. The molecule has 0 saturated carbocycles. The van der Waals surface area contributed by atoms with Gasteiger partial charge < -0.3 is 16.2 Å². The Morgan fingerprint density at radius 1 is 1.20 bits per heavy atom. The van der Waals surface area contributed by atoms with Crippen LogP contribution < -0.4 is 11.1 Å². The van der Waals surface area contributed by atoms with E-state index in [0.29, 0.717) is 11.3 Å². The van der Waals surface area contributed by atoms with Crippen LogP contribution in [0.25, 0.3) is 0 Å². The predicted molar refractivity (Wildman–Crippen MR) is 79.3 cm³/mol. The van der Waals surface area contributed by atoms with Gasteiger partial charge in [-0.1, -0.05) is 42.5 Å². The Bertz CT molecular complexity index is 597. The van der Waals surface area contributed by atoms with Crippen molar-refractivity contribution in [2.75, 3.05) is 12.3 Å². The summed E-state index contributed by atoms with van der Waals surface area (Å²) in [5.41, 5.74) is 8.42. The van der Waals surface area contributed by atoms with Gasteiger partial charge in [-0.25, -0.2) is 0 Å². The molecule has 104 valence electrons. The van der Waals surface area contributed by atoms with Crippen molar-refractivity contribution in [2.45, 2.75) is 13.0 Å². The third kappa shape index (κ3) is 3.16. The smallest absolute Gasteiger partial charge is 0.253 e. The number of rotatable bonds is 4. The summed E-state index contributed by atoms with van der Waals surface area (Å²) in [6, 6.07) is 14.5. The molecule has 0 aromatic heterocycles. The van der Waals surface area contributed by atoms with Gasteiger partial charge in [0.2, 0.25) is 0 Å². The number of para-hydroxylation sites is 1. The maximum absolute atomic E-state index is 12.1. The first kappa shape index (κ1) is 14.1. The SMILES string of the molecule is Cc1cccc(C(=O)NCC(O)c2ccccc2)c1N. The highest BCUT2D eigenvalue weighted by atomic mass is 16.3. The second kappa shape index (κ2) is 6.21. The minimum absolute atomic E-state index is 0.149. The monoisotopic (exact) mass is 270 g/mol. The second-order valence-corrected chi connectivity index (χ2v) is 4.67. The molecule has 0 aliphatic rings. The maximum atomic E-state index is 12.1. The summed E-state index contributed by atoms with van der Waals surface area (Å²) < 4.78 is 0. The van der Waals surface area contributed by atoms with Crippen LogP contribution in [0.4, 0.5) is 5.69 Å². The van der Waals surface area contributed by atoms with E-state index in [0.717, 1.165) is 11.1 Å². The number of nitrogen functional groups attached to an aromatic ring is 1. The van der Waals surface area contributed by atoms with Crippen molar-refractivity contribution in [2.24, 2.45) is 0 Å². The fourth-order valence-corrected chi connectivity index (χ4v) is 1.96. The quantitative estimate of drug-likeness (QED) is 0.744. The summed E-state index contributed by atoms with van der Waals surface area (Å²) in [6.07, 6.45) is -0.730. The van der Waals surface area contributed by atoms with E-state index < -0.39 is 6.10 Å². The summed E-state index contributed by atoms with van der Waals surface area (Å²) in [6.45, 7) is 2.00. The predicted octanol–water partition coefficient (Wildman–Crippen LogP) is 2.04. The molecule has 0 heterocycles. The lowest BCUT2D eigenvalue weighted by molar-refractivity contribution is 0.0917. The van der Waals surface area contributed by atoms with Gasteiger partial charge in [0, 0.05) is 12.2 Å². The number of amides is 1. The Morgan fingerprint density at radius 2 is 1.90 bits per heavy atom. The number of aryl methyl sites for hydroxylation is 1. The average molecular weight is 270 g/mol. The lowest BCUT2D eigenvalue weighted by atomic mass is 10.1. The number of carbonyl (C=O) groups excluding carboxylic acids is 1. The molecule has 1 atom stereocenters. The Kier molecular flexibility index (Phi) is 4.38. The van der Waals surface area contributed by atoms with Crippen LogP contribution in [0, 0.1) is 6.92 Å². The summed E-state index contributed by atoms with van der Waals surface area (Å²) in [7, 11) is 0. The van der Waals surface area contributed by atoms with E-state index >= 15 is 0 Å². The molecule has 1 amide bonds. The van der Waals surface area contributed by atoms with Crippen LogP contribution in [0.2, 0.25) is 0 Å². The zero-order valence-corrected chi connectivity index (χ0v) is 11.3. The molecular formula is C16H18N2O2. The molecule has 20 heavy (non-hydrogen) atoms. The maximum Gasteiger partial charge on any atom is 0.253 e. The third-order valence-corrected chi connectivity index (χ3v) is 3.21. The van der Waals surface area contributed by atoms with Crippen LogP contribution in [0.15, 0.2) is 48.5 Å². The number of nitrogens with two attached hydrogens (primary N) is 1. The van der Waals surface area contributed by atoms with Crippen molar-refractivity contribution < 1.29 is 9.90 Å². The highest BCUT2D eigenvalue weighted by Crippen LogP contribution is 2.17. The number of aliphatic hydroxyl groups is 1. The van der Waals surface area contributed by atoms with Crippen molar-refractivity contribution in [3.8, 4) is 0 Å². The Balaban J connectivity index is 2.01. The first-order chi connectivity index (χ1) is 9.59. The Morgan fingerprint density at radius 3 is 2.60 bits per heavy atom. The fourth-order valence-electron chi connectivity index (χ4n) is 1.96. The molecule has 2 aromatic rings. The number of anilines is 1. The van der Waals surface area contributed by atoms with Gasteiger partial charge in [-0.2, -0.15) is 0 Å². The molecule has 0 fully saturated rings. The molecule has 0 aliphatic heterocycles. The molecule has 0 saturated heterocycles. The van der Waals surface area contributed by atoms with Crippen molar-refractivity contribution >= 4 is 11.6 Å². The van der Waals surface area contributed by atoms with Crippen LogP contribution in [0.3, 0.4) is 0 Å². The van der Waals surface area contributed by atoms with Gasteiger partial charge in [-0.05, 0) is 24.1 Å². The number of benzene rings is 2. The van der Waals surface area contributed by atoms with Crippen LogP contribution in [0.5, 0.6) is 0 Å². The van der Waals surface area contributed by atoms with Crippen molar-refractivity contribution in [1.82, 2.24) is 5.32 Å². The summed E-state index contributed by atoms with van der Waals surface area (Å²) in [5.74, 6) is -0.277. The topological polar surface area (TPSA) is 75.3 Å². The number of hydrogen-bond acceptors (Lipinski definition) is 3. The van der Waals surface area contributed by atoms with E-state index in [1.807, 2.05) is 43.3 Å². The first-order valence-electron chi connectivity index (χ1n) is 6.46. The second-order valence-electron chi connectivity index (χ2n) is 4.67. The van der Waals surface area contributed by atoms with Crippen LogP contribution >= 0.6 is 0 Å². The van der Waals surface area contributed by atoms with E-state index in [1.165, 1.54) is 0 Å². The molecular weight excluding hydrogens is 252 g/mol. The van der Waals surface area contributed by atoms with Gasteiger partial charge in [0.1, 0.15) is 0 Å². The molecule has 2 rings (SSSR count). The first-order valence-corrected chi connectivity index (χ1v) is 6.46. The zero-order chi connectivity index (χ0) is 14.5. The molecule has 4 nitrogen and oxygen atoms in total. The van der Waals surface area contributed by atoms with E-state index in [4.69, 9.17) is 5.73 Å². The largest absolute Gasteiger partial charge is 0.398 e. The van der Waals surface area contributed by atoms with E-state index in [2.05, 4.69) is 5.32 Å². The van der Waals surface area contributed by atoms with Gasteiger partial charge in [-0.3, -0.25) is 4.79 Å². The molecule has 4 N–H and O–H groups in total. The zero-order valence-electron chi connectivity index (χ0n) is 11.3. The fraction of sp³-hybridized carbons (Fsp3) is 0.188. The minimum atomic E-state index is -0.730. The van der Waals surface area contributed by atoms with E-state index in [1.54, 1.807) is 12.1 Å². The van der Waals surface area contributed by atoms with Gasteiger partial charge in [0.25, 0.3) is 5.91 Å². The molecule has 4 heteroatoms. The highest BCUT2D eigenvalue weighted by Gasteiger charge is 2.13. The summed E-state index contributed by atoms with van der Waals surface area (Å²) in [5, 5.41) is 12.7. The third-order valence-electron chi connectivity index (χ3n) is 3.21. The van der Waals surface area contributed by atoms with Crippen molar-refractivity contribution in [3.05, 3.63) is 65.2 Å². The van der Waals surface area contributed by atoms with Crippen molar-refractivity contribution in [1.29, 1.82) is 0 Å². The van der Waals surface area contributed by atoms with E-state index in [-0.39, 0.29) is 12.5 Å². The lowest BCUT2D eigenvalue weighted by Gasteiger charge is -2.13. The van der Waals surface area contributed by atoms with Gasteiger partial charge >= 0.3 is 0 Å². The van der Waals surface area contributed by atoms with Gasteiger partial charge in [0.05, 0.1) is 11.7 Å². The van der Waals surface area contributed by atoms with Crippen LogP contribution in [0.1, 0.15) is 27.6 Å². The standard InChI is InChI=1S/C16H18N2O2/c1-11-6-5-9-13(15(11)17)16(20)18-10-14(19)12-7-3-2-4-8-12/h2-9,14,19H,10,17H2,1H3,(H,18,20). The molecule has 2 aromatic carbocycles. The molecule has 0 spiro atoms. The number of aliphatic hydroxyl groups excluding tert-OH is 1. The summed E-state index contributed by atoms with van der Waals surface area (Å²) in [4.78, 5) is 12.1. The average Bonchev–Trinajstić information content (AvgIpc) is 2.48. The molecule has 0 bridgehead atoms. The Hall–Kier alpha value is -2.33. The Labute approximate surface area is 118 Å². The highest BCUT2D eigenvalue weighted by molar-refractivity contribution is 5.99. The number of nitrogens with one attached hydrogen (secondary N) is 1. The van der Waals surface area contributed by atoms with Gasteiger partial charge in [0.15, 0.2) is 0 Å². The normalized spacial score (nSPS) is 11.9. The van der Waals surface area contributed by atoms with Crippen LogP contribution in [-0.2, 0) is 0 Å². The molecule has 0 aliphatic carbocycles. The van der Waals surface area contributed by atoms with E-state index in [9.17, 15) is 9.90 Å². The van der Waals surface area contributed by atoms with Crippen molar-refractivity contribution in [3.63, 3.8) is 0 Å². The van der Waals surface area contributed by atoms with Gasteiger partial charge in [-0.15, -0.1) is 0 Å². The van der Waals surface area contributed by atoms with Crippen LogP contribution in [-0.4, -0.2) is 17.6 Å². The number of hydrogen-bond donors (Lipinski definition) is 3. The lowest BCUT2D eigenvalue weighted by Crippen LogP contribution is -2.29. The molecule has 0 radical (unpaired) electrons.